The summed E-state index contributed by atoms with van der Waals surface area (Å²) >= 11 is 0. The summed E-state index contributed by atoms with van der Waals surface area (Å²) in [7, 11) is 0. The molecule has 0 aliphatic rings. The van der Waals surface area contributed by atoms with Crippen molar-refractivity contribution < 1.29 is 71.0 Å². The number of carbonyl (C=O) groups is 1. The van der Waals surface area contributed by atoms with Crippen molar-refractivity contribution in [3.63, 3.8) is 0 Å². The van der Waals surface area contributed by atoms with E-state index < -0.39 is 60.1 Å². The molecule has 0 fully saturated rings. The molecule has 0 heterocycles. The fourth-order valence-corrected chi connectivity index (χ4v) is 1.30. The van der Waals surface area contributed by atoms with Crippen molar-refractivity contribution in [1.29, 1.82) is 0 Å². The first-order valence-corrected chi connectivity index (χ1v) is 6.45. The second kappa shape index (κ2) is 7.24. The van der Waals surface area contributed by atoms with E-state index in [0.29, 0.717) is 0 Å². The van der Waals surface area contributed by atoms with Crippen LogP contribution < -0.4 is 0 Å². The van der Waals surface area contributed by atoms with Gasteiger partial charge in [0.25, 0.3) is 0 Å². The van der Waals surface area contributed by atoms with E-state index in [1.54, 1.807) is 6.58 Å². The second-order valence-electron chi connectivity index (χ2n) is 5.22. The molecular formula is C12H8F14O2. The molecule has 16 heteroatoms. The number of carbonyl (C=O) groups excluding carboxylic acids is 1. The van der Waals surface area contributed by atoms with Crippen LogP contribution in [0.25, 0.3) is 0 Å². The van der Waals surface area contributed by atoms with Gasteiger partial charge in [0.05, 0.1) is 0 Å². The van der Waals surface area contributed by atoms with Gasteiger partial charge in [0, 0.05) is 0 Å². The zero-order valence-corrected chi connectivity index (χ0v) is 13.1. The molecule has 0 aromatic rings. The van der Waals surface area contributed by atoms with Gasteiger partial charge in [0.1, 0.15) is 5.57 Å². The van der Waals surface area contributed by atoms with Crippen LogP contribution in [0.15, 0.2) is 12.2 Å². The number of hydrogen-bond donors (Lipinski definition) is 0. The largest absolute Gasteiger partial charge is 0.456 e. The predicted molar refractivity (Wildman–Crippen MR) is 61.5 cm³/mol. The first-order chi connectivity index (χ1) is 12.0. The molecule has 166 valence electrons. The molecule has 1 unspecified atom stereocenters. The van der Waals surface area contributed by atoms with Crippen LogP contribution in [0.3, 0.4) is 0 Å². The van der Waals surface area contributed by atoms with Crippen molar-refractivity contribution in [2.24, 2.45) is 0 Å². The maximum Gasteiger partial charge on any atom is 0.456 e. The maximum atomic E-state index is 13.5. The molecule has 0 aliphatic heterocycles. The minimum Gasteiger partial charge on any atom is -0.455 e. The molecule has 0 saturated heterocycles. The third-order valence-electron chi connectivity index (χ3n) is 3.13. The van der Waals surface area contributed by atoms with Crippen molar-refractivity contribution >= 4 is 5.97 Å². The summed E-state index contributed by atoms with van der Waals surface area (Å²) in [5.74, 6) is -36.5. The fourth-order valence-electron chi connectivity index (χ4n) is 1.30. The molecule has 0 rings (SSSR count). The van der Waals surface area contributed by atoms with Crippen molar-refractivity contribution in [3.8, 4) is 0 Å². The highest BCUT2D eigenvalue weighted by Crippen LogP contribution is 2.55. The van der Waals surface area contributed by atoms with Crippen LogP contribution in [0, 0.1) is 0 Å². The Morgan fingerprint density at radius 2 is 1.25 bits per heavy atom. The van der Waals surface area contributed by atoms with Crippen LogP contribution in [0.5, 0.6) is 0 Å². The molecule has 0 aromatic heterocycles. The standard InChI is InChI=1S/C12H8F14O2/c1-4(6(27)28-3-7(14,15)12(24,25)26)8(16,17)10(20,21)11(22,23)9(18,19)5(2)13/h5H,1,3H2,2H3. The molecule has 0 spiro atoms. The Morgan fingerprint density at radius 1 is 0.857 bits per heavy atom. The van der Waals surface area contributed by atoms with Gasteiger partial charge in [-0.05, 0) is 6.92 Å². The van der Waals surface area contributed by atoms with Gasteiger partial charge < -0.3 is 4.74 Å². The van der Waals surface area contributed by atoms with Crippen molar-refractivity contribution in [2.75, 3.05) is 6.61 Å². The molecule has 0 aliphatic carbocycles. The van der Waals surface area contributed by atoms with Crippen LogP contribution in [0.4, 0.5) is 61.5 Å². The van der Waals surface area contributed by atoms with Crippen LogP contribution >= 0.6 is 0 Å². The van der Waals surface area contributed by atoms with Gasteiger partial charge in [-0.15, -0.1) is 0 Å². The summed E-state index contributed by atoms with van der Waals surface area (Å²) in [6.07, 6.45) is -10.5. The Hall–Kier alpha value is -1.77. The highest BCUT2D eigenvalue weighted by Gasteiger charge is 2.82. The smallest absolute Gasteiger partial charge is 0.455 e. The average Bonchev–Trinajstić information content (AvgIpc) is 2.49. The number of alkyl halides is 14. The maximum absolute atomic E-state index is 13.5. The van der Waals surface area contributed by atoms with E-state index in [0.717, 1.165) is 0 Å². The summed E-state index contributed by atoms with van der Waals surface area (Å²) in [6, 6.07) is 0. The lowest BCUT2D eigenvalue weighted by atomic mass is 9.92. The van der Waals surface area contributed by atoms with Crippen molar-refractivity contribution in [2.45, 2.75) is 48.9 Å². The summed E-state index contributed by atoms with van der Waals surface area (Å²) in [4.78, 5) is 11.0. The minimum absolute atomic E-state index is 0.384. The SMILES string of the molecule is C=C(C(=O)OCC(F)(F)C(F)(F)F)C(F)(F)C(F)(F)C(F)(F)C(F)(F)C(C)F. The van der Waals surface area contributed by atoms with Gasteiger partial charge in [0.2, 0.25) is 0 Å². The van der Waals surface area contributed by atoms with Crippen molar-refractivity contribution in [1.82, 2.24) is 0 Å². The lowest BCUT2D eigenvalue weighted by molar-refractivity contribution is -0.366. The molecule has 0 aromatic carbocycles. The fraction of sp³-hybridized carbons (Fsp3) is 0.750. The van der Waals surface area contributed by atoms with Crippen molar-refractivity contribution in [3.05, 3.63) is 12.2 Å². The van der Waals surface area contributed by atoms with E-state index in [4.69, 9.17) is 0 Å². The van der Waals surface area contributed by atoms with Gasteiger partial charge in [0.15, 0.2) is 12.8 Å². The summed E-state index contributed by atoms with van der Waals surface area (Å²) in [6.45, 7) is -1.63. The zero-order valence-electron chi connectivity index (χ0n) is 13.1. The quantitative estimate of drug-likeness (QED) is 0.290. The topological polar surface area (TPSA) is 26.3 Å². The molecule has 0 N–H and O–H groups in total. The summed E-state index contributed by atoms with van der Waals surface area (Å²) in [5.41, 5.74) is -3.16. The summed E-state index contributed by atoms with van der Waals surface area (Å²) < 4.78 is 182. The summed E-state index contributed by atoms with van der Waals surface area (Å²) in [5, 5.41) is 0. The normalized spacial score (nSPS) is 16.0. The van der Waals surface area contributed by atoms with Crippen LogP contribution in [-0.4, -0.2) is 54.5 Å². The molecule has 0 bridgehead atoms. The molecule has 2 nitrogen and oxygen atoms in total. The number of esters is 1. The van der Waals surface area contributed by atoms with E-state index in [1.165, 1.54) is 0 Å². The monoisotopic (exact) mass is 450 g/mol. The molecule has 0 amide bonds. The van der Waals surface area contributed by atoms with Gasteiger partial charge in [-0.2, -0.15) is 57.1 Å². The van der Waals surface area contributed by atoms with Crippen LogP contribution in [0.1, 0.15) is 6.92 Å². The van der Waals surface area contributed by atoms with E-state index >= 15 is 0 Å². The minimum atomic E-state index is -7.24. The molecule has 0 saturated carbocycles. The molecular weight excluding hydrogens is 442 g/mol. The Bertz CT molecular complexity index is 604. The molecule has 1 atom stereocenters. The molecule has 28 heavy (non-hydrogen) atoms. The van der Waals surface area contributed by atoms with Gasteiger partial charge in [-0.3, -0.25) is 0 Å². The lowest BCUT2D eigenvalue weighted by Crippen LogP contribution is -2.65. The Kier molecular flexibility index (Phi) is 6.78. The van der Waals surface area contributed by atoms with Gasteiger partial charge in [-0.1, -0.05) is 6.58 Å². The number of rotatable bonds is 8. The highest BCUT2D eigenvalue weighted by molar-refractivity contribution is 5.90. The Labute approximate surface area is 146 Å². The van der Waals surface area contributed by atoms with E-state index in [-0.39, 0.29) is 6.92 Å². The first-order valence-electron chi connectivity index (χ1n) is 6.45. The highest BCUT2D eigenvalue weighted by atomic mass is 19.4. The second-order valence-corrected chi connectivity index (χ2v) is 5.22. The lowest BCUT2D eigenvalue weighted by Gasteiger charge is -2.37. The van der Waals surface area contributed by atoms with E-state index in [2.05, 4.69) is 4.74 Å². The van der Waals surface area contributed by atoms with E-state index in [9.17, 15) is 66.3 Å². The van der Waals surface area contributed by atoms with Gasteiger partial charge >= 0.3 is 41.8 Å². The average molecular weight is 450 g/mol. The Morgan fingerprint density at radius 3 is 1.57 bits per heavy atom. The number of ether oxygens (including phenoxy) is 1. The van der Waals surface area contributed by atoms with Crippen LogP contribution in [-0.2, 0) is 9.53 Å². The third kappa shape index (κ3) is 4.14. The predicted octanol–water partition coefficient (Wildman–Crippen LogP) is 5.18. The van der Waals surface area contributed by atoms with Gasteiger partial charge in [-0.25, -0.2) is 9.18 Å². The zero-order chi connectivity index (χ0) is 23.1. The first kappa shape index (κ1) is 26.2. The number of halogens is 14. The van der Waals surface area contributed by atoms with E-state index in [1.807, 2.05) is 0 Å². The van der Waals surface area contributed by atoms with Crippen LogP contribution in [0.2, 0.25) is 0 Å². The third-order valence-corrected chi connectivity index (χ3v) is 3.13. The Balaban J connectivity index is 5.74. The number of hydrogen-bond acceptors (Lipinski definition) is 2. The molecule has 0 radical (unpaired) electrons.